The lowest BCUT2D eigenvalue weighted by Crippen LogP contribution is -1.93. The van der Waals surface area contributed by atoms with Crippen LogP contribution < -0.4 is 5.73 Å². The van der Waals surface area contributed by atoms with Crippen LogP contribution in [0.1, 0.15) is 0 Å². The highest BCUT2D eigenvalue weighted by molar-refractivity contribution is 14.1. The van der Waals surface area contributed by atoms with Gasteiger partial charge >= 0.3 is 0 Å². The number of benzene rings is 1. The topological polar surface area (TPSA) is 51.8 Å². The first kappa shape index (κ1) is 11.4. The summed E-state index contributed by atoms with van der Waals surface area (Å²) in [5.74, 6) is 0.571. The van der Waals surface area contributed by atoms with Crippen LogP contribution in [0.3, 0.4) is 0 Å². The number of fused-ring (bicyclic) bond motifs is 1. The van der Waals surface area contributed by atoms with Gasteiger partial charge in [0.05, 0.1) is 0 Å². The van der Waals surface area contributed by atoms with Crippen LogP contribution in [0.15, 0.2) is 48.9 Å². The van der Waals surface area contributed by atoms with Crippen molar-refractivity contribution in [2.45, 2.75) is 0 Å². The lowest BCUT2D eigenvalue weighted by molar-refractivity contribution is 1.33. The molecule has 0 amide bonds. The predicted octanol–water partition coefficient (Wildman–Crippen LogP) is 3.48. The van der Waals surface area contributed by atoms with Gasteiger partial charge in [0.2, 0.25) is 0 Å². The Kier molecular flexibility index (Phi) is 2.87. The van der Waals surface area contributed by atoms with Gasteiger partial charge in [0.15, 0.2) is 0 Å². The molecule has 0 aliphatic rings. The lowest BCUT2D eigenvalue weighted by Gasteiger charge is -2.07. The van der Waals surface area contributed by atoms with E-state index in [0.717, 1.165) is 25.5 Å². The van der Waals surface area contributed by atoms with E-state index in [1.165, 1.54) is 0 Å². The Balaban J connectivity index is 2.26. The largest absolute Gasteiger partial charge is 0.383 e. The van der Waals surface area contributed by atoms with Crippen LogP contribution in [0.4, 0.5) is 5.82 Å². The minimum Gasteiger partial charge on any atom is -0.383 e. The van der Waals surface area contributed by atoms with Gasteiger partial charge in [-0.1, -0.05) is 12.1 Å². The monoisotopic (exact) mass is 347 g/mol. The molecule has 0 aliphatic carbocycles. The third-order valence-corrected chi connectivity index (χ3v) is 3.74. The van der Waals surface area contributed by atoms with Crippen molar-refractivity contribution in [1.29, 1.82) is 0 Å². The van der Waals surface area contributed by atoms with E-state index in [2.05, 4.69) is 50.8 Å². The molecule has 0 bridgehead atoms. The Morgan fingerprint density at radius 3 is 2.50 bits per heavy atom. The smallest absolute Gasteiger partial charge is 0.131 e. The Morgan fingerprint density at radius 2 is 1.72 bits per heavy atom. The van der Waals surface area contributed by atoms with Gasteiger partial charge in [0, 0.05) is 32.9 Å². The molecule has 88 valence electrons. The van der Waals surface area contributed by atoms with Gasteiger partial charge in [-0.25, -0.2) is 4.98 Å². The van der Waals surface area contributed by atoms with Crippen molar-refractivity contribution in [3.05, 3.63) is 52.5 Å². The fourth-order valence-electron chi connectivity index (χ4n) is 1.95. The Hall–Kier alpha value is -1.69. The van der Waals surface area contributed by atoms with Crippen molar-refractivity contribution in [3.63, 3.8) is 0 Å². The molecular weight excluding hydrogens is 337 g/mol. The summed E-state index contributed by atoms with van der Waals surface area (Å²) in [5.41, 5.74) is 8.20. The van der Waals surface area contributed by atoms with E-state index < -0.39 is 0 Å². The number of nitrogen functional groups attached to an aromatic ring is 1. The van der Waals surface area contributed by atoms with Crippen LogP contribution in [0.25, 0.3) is 21.9 Å². The number of nitrogens with zero attached hydrogens (tertiary/aromatic N) is 2. The zero-order valence-corrected chi connectivity index (χ0v) is 11.6. The lowest BCUT2D eigenvalue weighted by atomic mass is 10.0. The molecule has 3 aromatic rings. The summed E-state index contributed by atoms with van der Waals surface area (Å²) in [4.78, 5) is 8.23. The van der Waals surface area contributed by atoms with Gasteiger partial charge in [0.1, 0.15) is 5.82 Å². The van der Waals surface area contributed by atoms with Crippen LogP contribution in [-0.2, 0) is 0 Å². The molecule has 0 fully saturated rings. The number of nitrogens with two attached hydrogens (primary N) is 1. The molecule has 2 N–H and O–H groups in total. The summed E-state index contributed by atoms with van der Waals surface area (Å²) < 4.78 is 1.11. The number of aromatic nitrogens is 2. The van der Waals surface area contributed by atoms with E-state index in [9.17, 15) is 0 Å². The molecule has 2 heterocycles. The highest BCUT2D eigenvalue weighted by Gasteiger charge is 2.05. The average molecular weight is 347 g/mol. The van der Waals surface area contributed by atoms with Gasteiger partial charge < -0.3 is 5.73 Å². The van der Waals surface area contributed by atoms with E-state index in [-0.39, 0.29) is 0 Å². The fourth-order valence-corrected chi connectivity index (χ4v) is 2.56. The summed E-state index contributed by atoms with van der Waals surface area (Å²) in [6, 6.07) is 10.2. The van der Waals surface area contributed by atoms with E-state index >= 15 is 0 Å². The highest BCUT2D eigenvalue weighted by Crippen LogP contribution is 2.29. The molecule has 1 aromatic carbocycles. The molecule has 0 saturated carbocycles. The number of hydrogen-bond acceptors (Lipinski definition) is 3. The molecule has 0 unspecified atom stereocenters. The van der Waals surface area contributed by atoms with Gasteiger partial charge in [-0.2, -0.15) is 0 Å². The minimum absolute atomic E-state index is 0.571. The standard InChI is InChI=1S/C14H10IN3/c15-13-8-18-14(16)12-7-10(1-2-11(12)13)9-3-5-17-6-4-9/h1-8H,(H2,16,18). The van der Waals surface area contributed by atoms with Crippen molar-refractivity contribution in [2.75, 3.05) is 5.73 Å². The summed E-state index contributed by atoms with van der Waals surface area (Å²) in [7, 11) is 0. The molecular formula is C14H10IN3. The zero-order valence-electron chi connectivity index (χ0n) is 9.47. The maximum absolute atomic E-state index is 5.95. The van der Waals surface area contributed by atoms with Gasteiger partial charge in [-0.3, -0.25) is 4.98 Å². The second-order valence-corrected chi connectivity index (χ2v) is 5.15. The van der Waals surface area contributed by atoms with Crippen LogP contribution in [0.2, 0.25) is 0 Å². The third-order valence-electron chi connectivity index (χ3n) is 2.88. The van der Waals surface area contributed by atoms with E-state index in [1.807, 2.05) is 12.1 Å². The van der Waals surface area contributed by atoms with Gasteiger partial charge in [-0.15, -0.1) is 0 Å². The van der Waals surface area contributed by atoms with Crippen molar-refractivity contribution in [1.82, 2.24) is 9.97 Å². The second-order valence-electron chi connectivity index (χ2n) is 3.99. The summed E-state index contributed by atoms with van der Waals surface area (Å²) in [6.45, 7) is 0. The molecule has 18 heavy (non-hydrogen) atoms. The number of rotatable bonds is 1. The van der Waals surface area contributed by atoms with E-state index in [4.69, 9.17) is 5.73 Å². The number of halogens is 1. The van der Waals surface area contributed by atoms with Crippen LogP contribution in [0.5, 0.6) is 0 Å². The maximum Gasteiger partial charge on any atom is 0.131 e. The molecule has 2 aromatic heterocycles. The minimum atomic E-state index is 0.571. The number of anilines is 1. The maximum atomic E-state index is 5.95. The number of pyridine rings is 2. The van der Waals surface area contributed by atoms with Crippen LogP contribution in [0, 0.1) is 3.57 Å². The average Bonchev–Trinajstić information content (AvgIpc) is 2.44. The normalized spacial score (nSPS) is 10.7. The molecule has 0 spiro atoms. The second kappa shape index (κ2) is 4.53. The SMILES string of the molecule is Nc1ncc(I)c2ccc(-c3ccncc3)cc12. The van der Waals surface area contributed by atoms with Crippen molar-refractivity contribution >= 4 is 39.2 Å². The zero-order chi connectivity index (χ0) is 12.5. The predicted molar refractivity (Wildman–Crippen MR) is 82.1 cm³/mol. The van der Waals surface area contributed by atoms with Crippen molar-refractivity contribution < 1.29 is 0 Å². The Labute approximate surface area is 118 Å². The van der Waals surface area contributed by atoms with Gasteiger partial charge in [0.25, 0.3) is 0 Å². The first-order valence-corrected chi connectivity index (χ1v) is 6.58. The highest BCUT2D eigenvalue weighted by atomic mass is 127. The number of hydrogen-bond donors (Lipinski definition) is 1. The molecule has 0 aliphatic heterocycles. The quantitative estimate of drug-likeness (QED) is 0.686. The first-order chi connectivity index (χ1) is 8.75. The Morgan fingerprint density at radius 1 is 0.944 bits per heavy atom. The molecule has 0 radical (unpaired) electrons. The van der Waals surface area contributed by atoms with Gasteiger partial charge in [-0.05, 0) is 51.9 Å². The van der Waals surface area contributed by atoms with E-state index in [0.29, 0.717) is 5.82 Å². The summed E-state index contributed by atoms with van der Waals surface area (Å²) >= 11 is 2.27. The molecule has 0 atom stereocenters. The first-order valence-electron chi connectivity index (χ1n) is 5.50. The third kappa shape index (κ3) is 1.92. The Bertz CT molecular complexity index is 711. The molecule has 3 rings (SSSR count). The molecule has 0 saturated heterocycles. The molecule has 4 heteroatoms. The van der Waals surface area contributed by atoms with Crippen molar-refractivity contribution in [3.8, 4) is 11.1 Å². The molecule has 3 nitrogen and oxygen atoms in total. The van der Waals surface area contributed by atoms with Crippen molar-refractivity contribution in [2.24, 2.45) is 0 Å². The fraction of sp³-hybridized carbons (Fsp3) is 0. The van der Waals surface area contributed by atoms with E-state index in [1.54, 1.807) is 18.6 Å². The summed E-state index contributed by atoms with van der Waals surface area (Å²) in [6.07, 6.45) is 5.37. The summed E-state index contributed by atoms with van der Waals surface area (Å²) in [5, 5.41) is 2.14. The van der Waals surface area contributed by atoms with Crippen LogP contribution in [-0.4, -0.2) is 9.97 Å². The van der Waals surface area contributed by atoms with Crippen LogP contribution >= 0.6 is 22.6 Å².